The van der Waals surface area contributed by atoms with Crippen LogP contribution in [0.15, 0.2) is 23.8 Å². The largest absolute Gasteiger partial charge is 0.295 e. The number of hydrogen-bond acceptors (Lipinski definition) is 1. The number of carbonyl (C=O) groups excluding carboxylic acids is 1. The van der Waals surface area contributed by atoms with Gasteiger partial charge in [-0.15, -0.1) is 0 Å². The molecule has 0 aliphatic heterocycles. The first-order chi connectivity index (χ1) is 13.3. The lowest BCUT2D eigenvalue weighted by Crippen LogP contribution is -2.49. The van der Waals surface area contributed by atoms with E-state index in [4.69, 9.17) is 0 Å². The Morgan fingerprint density at radius 1 is 1.04 bits per heavy atom. The van der Waals surface area contributed by atoms with Gasteiger partial charge in [-0.1, -0.05) is 66.0 Å². The predicted octanol–water partition coefficient (Wildman–Crippen LogP) is 7.37. The Morgan fingerprint density at radius 3 is 2.57 bits per heavy atom. The summed E-state index contributed by atoms with van der Waals surface area (Å²) in [5.74, 6) is 5.32. The van der Waals surface area contributed by atoms with Gasteiger partial charge in [-0.2, -0.15) is 0 Å². The lowest BCUT2D eigenvalue weighted by atomic mass is 9.48. The van der Waals surface area contributed by atoms with Crippen molar-refractivity contribution in [1.29, 1.82) is 0 Å². The maximum atomic E-state index is 12.0. The maximum absolute atomic E-state index is 12.0. The summed E-state index contributed by atoms with van der Waals surface area (Å²) in [6.07, 6.45) is 18.5. The fourth-order valence-electron chi connectivity index (χ4n) is 8.02. The molecule has 0 aromatic heterocycles. The second kappa shape index (κ2) is 7.44. The van der Waals surface area contributed by atoms with Gasteiger partial charge in [0.2, 0.25) is 0 Å². The van der Waals surface area contributed by atoms with Crippen molar-refractivity contribution in [3.8, 4) is 0 Å². The Hall–Kier alpha value is -0.850. The fraction of sp³-hybridized carbons (Fsp3) is 0.815. The summed E-state index contributed by atoms with van der Waals surface area (Å²) in [4.78, 5) is 12.0. The molecule has 4 aliphatic carbocycles. The molecule has 2 saturated carbocycles. The first-order valence-corrected chi connectivity index (χ1v) is 12.2. The summed E-state index contributed by atoms with van der Waals surface area (Å²) < 4.78 is 0. The summed E-state index contributed by atoms with van der Waals surface area (Å²) >= 11 is 0. The van der Waals surface area contributed by atoms with Crippen LogP contribution in [0.1, 0.15) is 92.4 Å². The molecule has 1 nitrogen and oxygen atoms in total. The van der Waals surface area contributed by atoms with Gasteiger partial charge >= 0.3 is 0 Å². The van der Waals surface area contributed by atoms with E-state index in [1.165, 1.54) is 50.5 Å². The lowest BCUT2D eigenvalue weighted by Gasteiger charge is -2.56. The smallest absolute Gasteiger partial charge is 0.156 e. The van der Waals surface area contributed by atoms with E-state index in [1.54, 1.807) is 0 Å². The first-order valence-electron chi connectivity index (χ1n) is 12.2. The minimum atomic E-state index is 0.246. The molecule has 2 fully saturated rings. The predicted molar refractivity (Wildman–Crippen MR) is 118 cm³/mol. The molecular formula is C27H42O. The summed E-state index contributed by atoms with van der Waals surface area (Å²) in [6.45, 7) is 12.4. The van der Waals surface area contributed by atoms with E-state index >= 15 is 0 Å². The Bertz CT molecular complexity index is 670. The van der Waals surface area contributed by atoms with E-state index in [9.17, 15) is 4.79 Å². The quantitative estimate of drug-likeness (QED) is 0.485. The molecule has 0 aromatic rings. The van der Waals surface area contributed by atoms with Crippen LogP contribution < -0.4 is 0 Å². The molecule has 7 atom stereocenters. The van der Waals surface area contributed by atoms with Gasteiger partial charge in [-0.3, -0.25) is 4.79 Å². The van der Waals surface area contributed by atoms with E-state index in [0.29, 0.717) is 11.2 Å². The van der Waals surface area contributed by atoms with Crippen LogP contribution in [0.5, 0.6) is 0 Å². The molecule has 4 rings (SSSR count). The molecule has 0 radical (unpaired) electrons. The highest BCUT2D eigenvalue weighted by Gasteiger charge is 2.58. The third-order valence-corrected chi connectivity index (χ3v) is 9.72. The van der Waals surface area contributed by atoms with Crippen LogP contribution >= 0.6 is 0 Å². The Kier molecular flexibility index (Phi) is 5.43. The normalized spacial score (nSPS) is 43.4. The standard InChI is InChI=1S/C27H42O/c1-18(2)7-6-8-19(3)23-11-12-24-22-10-9-20-17-21(28)13-15-26(20,4)25(22)14-16-27(23,24)5/h9-10,17-19,22-25H,6-8,11-16H2,1-5H3/t19-,22-,23-,24+,25-,26+,27-/m1/s1. The molecule has 0 heterocycles. The van der Waals surface area contributed by atoms with Crippen LogP contribution in [0.25, 0.3) is 0 Å². The third-order valence-electron chi connectivity index (χ3n) is 9.72. The summed E-state index contributed by atoms with van der Waals surface area (Å²) in [6, 6.07) is 0. The molecule has 0 bridgehead atoms. The van der Waals surface area contributed by atoms with Crippen LogP contribution in [0.2, 0.25) is 0 Å². The van der Waals surface area contributed by atoms with Gasteiger partial charge in [0.15, 0.2) is 5.78 Å². The number of hydrogen-bond donors (Lipinski definition) is 0. The van der Waals surface area contributed by atoms with Crippen molar-refractivity contribution in [3.05, 3.63) is 23.8 Å². The van der Waals surface area contributed by atoms with Crippen molar-refractivity contribution in [2.45, 2.75) is 92.4 Å². The van der Waals surface area contributed by atoms with Crippen molar-refractivity contribution in [2.75, 3.05) is 0 Å². The zero-order valence-electron chi connectivity index (χ0n) is 19.0. The molecule has 0 N–H and O–H groups in total. The highest BCUT2D eigenvalue weighted by molar-refractivity contribution is 5.92. The zero-order valence-corrected chi connectivity index (χ0v) is 19.0. The van der Waals surface area contributed by atoms with Gasteiger partial charge in [-0.05, 0) is 90.1 Å². The molecule has 28 heavy (non-hydrogen) atoms. The molecule has 0 aromatic carbocycles. The van der Waals surface area contributed by atoms with Crippen molar-refractivity contribution in [2.24, 2.45) is 46.3 Å². The van der Waals surface area contributed by atoms with E-state index < -0.39 is 0 Å². The average molecular weight is 383 g/mol. The number of allylic oxidation sites excluding steroid dienone is 4. The van der Waals surface area contributed by atoms with Gasteiger partial charge < -0.3 is 0 Å². The maximum Gasteiger partial charge on any atom is 0.156 e. The van der Waals surface area contributed by atoms with Gasteiger partial charge in [-0.25, -0.2) is 0 Å². The van der Waals surface area contributed by atoms with Crippen molar-refractivity contribution < 1.29 is 4.79 Å². The molecule has 1 heteroatoms. The molecular weight excluding hydrogens is 340 g/mol. The summed E-state index contributed by atoms with van der Waals surface area (Å²) in [7, 11) is 0. The molecule has 0 amide bonds. The molecule has 0 spiro atoms. The monoisotopic (exact) mass is 382 g/mol. The minimum absolute atomic E-state index is 0.246. The lowest BCUT2D eigenvalue weighted by molar-refractivity contribution is -0.116. The molecule has 4 aliphatic rings. The second-order valence-corrected chi connectivity index (χ2v) is 11.7. The number of fused-ring (bicyclic) bond motifs is 5. The van der Waals surface area contributed by atoms with Crippen LogP contribution in [0.3, 0.4) is 0 Å². The van der Waals surface area contributed by atoms with Gasteiger partial charge in [0, 0.05) is 6.42 Å². The SMILES string of the molecule is CC(C)CCC[C@@H](C)[C@H]1CC[C@H]2[C@H]3C=CC4=CC(=O)CC[C@]4(C)[C@@H]3CC[C@]12C. The van der Waals surface area contributed by atoms with Crippen molar-refractivity contribution in [3.63, 3.8) is 0 Å². The highest BCUT2D eigenvalue weighted by atomic mass is 16.1. The van der Waals surface area contributed by atoms with Gasteiger partial charge in [0.05, 0.1) is 0 Å². The highest BCUT2D eigenvalue weighted by Crippen LogP contribution is 2.66. The van der Waals surface area contributed by atoms with E-state index in [2.05, 4.69) is 46.8 Å². The molecule has 156 valence electrons. The number of rotatable bonds is 5. The van der Waals surface area contributed by atoms with Crippen molar-refractivity contribution in [1.82, 2.24) is 0 Å². The fourth-order valence-corrected chi connectivity index (χ4v) is 8.02. The first kappa shape index (κ1) is 20.4. The number of carbonyl (C=O) groups is 1. The Morgan fingerprint density at radius 2 is 1.82 bits per heavy atom. The number of ketones is 1. The van der Waals surface area contributed by atoms with Crippen molar-refractivity contribution >= 4 is 5.78 Å². The Balaban J connectivity index is 1.53. The van der Waals surface area contributed by atoms with Crippen LogP contribution in [-0.4, -0.2) is 5.78 Å². The molecule has 0 saturated heterocycles. The second-order valence-electron chi connectivity index (χ2n) is 11.7. The van der Waals surface area contributed by atoms with E-state index in [0.717, 1.165) is 48.3 Å². The average Bonchev–Trinajstić information content (AvgIpc) is 2.99. The topological polar surface area (TPSA) is 17.1 Å². The zero-order chi connectivity index (χ0) is 20.1. The van der Waals surface area contributed by atoms with Crippen LogP contribution in [-0.2, 0) is 4.79 Å². The Labute approximate surface area is 173 Å². The molecule has 0 unspecified atom stereocenters. The summed E-state index contributed by atoms with van der Waals surface area (Å²) in [5, 5.41) is 0. The van der Waals surface area contributed by atoms with Gasteiger partial charge in [0.1, 0.15) is 0 Å². The van der Waals surface area contributed by atoms with Gasteiger partial charge in [0.25, 0.3) is 0 Å². The van der Waals surface area contributed by atoms with E-state index in [-0.39, 0.29) is 5.41 Å². The summed E-state index contributed by atoms with van der Waals surface area (Å²) in [5.41, 5.74) is 2.12. The third kappa shape index (κ3) is 3.25. The van der Waals surface area contributed by atoms with Crippen LogP contribution in [0.4, 0.5) is 0 Å². The van der Waals surface area contributed by atoms with Crippen LogP contribution in [0, 0.1) is 46.3 Å². The minimum Gasteiger partial charge on any atom is -0.295 e. The van der Waals surface area contributed by atoms with E-state index in [1.807, 2.05) is 6.08 Å².